The standard InChI is InChI=1S/C27H29N5OS/c1-18(2)28-27(33)31-17-23-19(3)29-32(21-9-6-5-7-10-21)26(23)30-16-8-11-24(30)25(31)20-12-14-22(34-4)15-13-20/h5-16,18,25H,17H2,1-4H3,(H,28,33)/t25-/m1/s1. The van der Waals surface area contributed by atoms with Crippen molar-refractivity contribution in [3.63, 3.8) is 0 Å². The Kier molecular flexibility index (Phi) is 5.96. The van der Waals surface area contributed by atoms with E-state index in [1.807, 2.05) is 54.6 Å². The molecule has 6 nitrogen and oxygen atoms in total. The summed E-state index contributed by atoms with van der Waals surface area (Å²) in [5.41, 5.74) is 5.07. The number of aryl methyl sites for hydroxylation is 1. The maximum absolute atomic E-state index is 13.6. The fourth-order valence-electron chi connectivity index (χ4n) is 4.62. The van der Waals surface area contributed by atoms with Gasteiger partial charge in [-0.25, -0.2) is 9.48 Å². The van der Waals surface area contributed by atoms with Gasteiger partial charge in [-0.05, 0) is 69.0 Å². The lowest BCUT2D eigenvalue weighted by molar-refractivity contribution is 0.178. The zero-order valence-corrected chi connectivity index (χ0v) is 20.7. The van der Waals surface area contributed by atoms with Crippen LogP contribution in [0, 0.1) is 6.92 Å². The Bertz CT molecular complexity index is 1310. The van der Waals surface area contributed by atoms with Gasteiger partial charge in [0.2, 0.25) is 0 Å². The van der Waals surface area contributed by atoms with Gasteiger partial charge in [-0.3, -0.25) is 0 Å². The zero-order chi connectivity index (χ0) is 23.8. The third-order valence-corrected chi connectivity index (χ3v) is 6.93. The smallest absolute Gasteiger partial charge is 0.318 e. The van der Waals surface area contributed by atoms with Crippen molar-refractivity contribution < 1.29 is 4.79 Å². The number of thioether (sulfide) groups is 1. The van der Waals surface area contributed by atoms with Crippen LogP contribution in [0.3, 0.4) is 0 Å². The molecule has 0 fully saturated rings. The van der Waals surface area contributed by atoms with Crippen molar-refractivity contribution in [3.05, 3.63) is 95.4 Å². The molecule has 4 aromatic rings. The average molecular weight is 472 g/mol. The summed E-state index contributed by atoms with van der Waals surface area (Å²) < 4.78 is 4.18. The number of nitrogens with one attached hydrogen (secondary N) is 1. The molecule has 0 bridgehead atoms. The molecular formula is C27H29N5OS. The van der Waals surface area contributed by atoms with E-state index in [2.05, 4.69) is 64.8 Å². The number of hydrogen-bond donors (Lipinski definition) is 1. The van der Waals surface area contributed by atoms with Crippen molar-refractivity contribution in [3.8, 4) is 11.5 Å². The molecule has 0 aliphatic carbocycles. The molecule has 1 aliphatic rings. The van der Waals surface area contributed by atoms with Gasteiger partial charge in [-0.2, -0.15) is 5.10 Å². The van der Waals surface area contributed by atoms with Gasteiger partial charge >= 0.3 is 6.03 Å². The largest absolute Gasteiger partial charge is 0.336 e. The first-order chi connectivity index (χ1) is 16.5. The van der Waals surface area contributed by atoms with Crippen LogP contribution >= 0.6 is 11.8 Å². The molecule has 3 heterocycles. The van der Waals surface area contributed by atoms with Crippen molar-refractivity contribution >= 4 is 17.8 Å². The van der Waals surface area contributed by atoms with E-state index in [-0.39, 0.29) is 18.1 Å². The Labute approximate surface area is 204 Å². The van der Waals surface area contributed by atoms with E-state index >= 15 is 0 Å². The molecule has 2 aromatic heterocycles. The second-order valence-electron chi connectivity index (χ2n) is 8.85. The van der Waals surface area contributed by atoms with Gasteiger partial charge in [0.1, 0.15) is 5.82 Å². The highest BCUT2D eigenvalue weighted by molar-refractivity contribution is 7.98. The lowest BCUT2D eigenvalue weighted by Gasteiger charge is -2.31. The zero-order valence-electron chi connectivity index (χ0n) is 19.9. The van der Waals surface area contributed by atoms with Crippen LogP contribution in [0.4, 0.5) is 4.79 Å². The normalized spacial score (nSPS) is 15.1. The van der Waals surface area contributed by atoms with E-state index in [1.54, 1.807) is 11.8 Å². The summed E-state index contributed by atoms with van der Waals surface area (Å²) in [6, 6.07) is 22.6. The number of carbonyl (C=O) groups is 1. The van der Waals surface area contributed by atoms with E-state index in [0.29, 0.717) is 6.54 Å². The number of nitrogens with zero attached hydrogens (tertiary/aromatic N) is 4. The van der Waals surface area contributed by atoms with E-state index in [1.165, 1.54) is 4.90 Å². The Morgan fingerprint density at radius 3 is 2.47 bits per heavy atom. The van der Waals surface area contributed by atoms with Crippen LogP contribution in [0.1, 0.15) is 42.4 Å². The number of fused-ring (bicyclic) bond motifs is 3. The van der Waals surface area contributed by atoms with E-state index < -0.39 is 0 Å². The third kappa shape index (κ3) is 3.90. The number of hydrogen-bond acceptors (Lipinski definition) is 3. The number of aromatic nitrogens is 3. The van der Waals surface area contributed by atoms with Crippen LogP contribution in [0.5, 0.6) is 0 Å². The molecule has 34 heavy (non-hydrogen) atoms. The number of urea groups is 1. The fourth-order valence-corrected chi connectivity index (χ4v) is 5.02. The van der Waals surface area contributed by atoms with Crippen molar-refractivity contribution in [1.82, 2.24) is 24.6 Å². The Balaban J connectivity index is 1.73. The Hall–Kier alpha value is -3.45. The molecule has 1 N–H and O–H groups in total. The minimum absolute atomic E-state index is 0.0367. The molecule has 0 radical (unpaired) electrons. The van der Waals surface area contributed by atoms with Crippen LogP contribution in [0.2, 0.25) is 0 Å². The first-order valence-corrected chi connectivity index (χ1v) is 12.7. The molecule has 1 aliphatic heterocycles. The molecular weight excluding hydrogens is 442 g/mol. The third-order valence-electron chi connectivity index (χ3n) is 6.19. The average Bonchev–Trinajstić information content (AvgIpc) is 3.40. The number of rotatable bonds is 4. The van der Waals surface area contributed by atoms with Gasteiger partial charge in [-0.15, -0.1) is 11.8 Å². The molecule has 5 rings (SSSR count). The Morgan fingerprint density at radius 1 is 1.06 bits per heavy atom. The van der Waals surface area contributed by atoms with Crippen molar-refractivity contribution in [1.29, 1.82) is 0 Å². The van der Waals surface area contributed by atoms with Gasteiger partial charge in [-0.1, -0.05) is 30.3 Å². The van der Waals surface area contributed by atoms with E-state index in [4.69, 9.17) is 5.10 Å². The molecule has 0 spiro atoms. The second-order valence-corrected chi connectivity index (χ2v) is 9.73. The summed E-state index contributed by atoms with van der Waals surface area (Å²) in [5, 5.41) is 8.01. The first-order valence-electron chi connectivity index (χ1n) is 11.5. The number of carbonyl (C=O) groups excluding carboxylic acids is 1. The molecule has 2 amide bonds. The van der Waals surface area contributed by atoms with Crippen LogP contribution < -0.4 is 5.32 Å². The highest BCUT2D eigenvalue weighted by atomic mass is 32.2. The van der Waals surface area contributed by atoms with Gasteiger partial charge in [0.15, 0.2) is 0 Å². The van der Waals surface area contributed by atoms with E-state index in [0.717, 1.165) is 34.0 Å². The van der Waals surface area contributed by atoms with Crippen LogP contribution in [-0.2, 0) is 6.54 Å². The molecule has 0 saturated heterocycles. The summed E-state index contributed by atoms with van der Waals surface area (Å²) in [4.78, 5) is 16.7. The minimum atomic E-state index is -0.235. The molecule has 7 heteroatoms. The Morgan fingerprint density at radius 2 is 1.79 bits per heavy atom. The summed E-state index contributed by atoms with van der Waals surface area (Å²) >= 11 is 1.71. The maximum Gasteiger partial charge on any atom is 0.318 e. The van der Waals surface area contributed by atoms with Crippen LogP contribution in [-0.4, -0.2) is 37.6 Å². The summed E-state index contributed by atoms with van der Waals surface area (Å²) in [7, 11) is 0. The van der Waals surface area contributed by atoms with Gasteiger partial charge in [0.25, 0.3) is 0 Å². The monoisotopic (exact) mass is 471 g/mol. The lowest BCUT2D eigenvalue weighted by atomic mass is 10.0. The maximum atomic E-state index is 13.6. The van der Waals surface area contributed by atoms with Gasteiger partial charge in [0.05, 0.1) is 29.7 Å². The summed E-state index contributed by atoms with van der Waals surface area (Å²) in [6.45, 7) is 6.46. The minimum Gasteiger partial charge on any atom is -0.336 e. The number of amides is 2. The topological polar surface area (TPSA) is 55.1 Å². The number of para-hydroxylation sites is 1. The van der Waals surface area contributed by atoms with Gasteiger partial charge < -0.3 is 14.8 Å². The molecule has 0 saturated carbocycles. The molecule has 1 atom stereocenters. The molecule has 2 aromatic carbocycles. The SMILES string of the molecule is CSc1ccc([C@@H]2c3cccn3-c3c(c(C)nn3-c3ccccc3)CN2C(=O)NC(C)C)cc1. The van der Waals surface area contributed by atoms with Gasteiger partial charge in [0, 0.05) is 22.7 Å². The van der Waals surface area contributed by atoms with Crippen LogP contribution in [0.25, 0.3) is 11.5 Å². The van der Waals surface area contributed by atoms with Crippen molar-refractivity contribution in [2.45, 2.75) is 44.3 Å². The predicted octanol–water partition coefficient (Wildman–Crippen LogP) is 5.72. The summed E-state index contributed by atoms with van der Waals surface area (Å²) in [5.74, 6) is 0.981. The lowest BCUT2D eigenvalue weighted by Crippen LogP contribution is -2.44. The molecule has 174 valence electrons. The van der Waals surface area contributed by atoms with Crippen LogP contribution in [0.15, 0.2) is 77.8 Å². The second kappa shape index (κ2) is 9.06. The predicted molar refractivity (Wildman–Crippen MR) is 137 cm³/mol. The highest BCUT2D eigenvalue weighted by Gasteiger charge is 2.36. The quantitative estimate of drug-likeness (QED) is 0.388. The van der Waals surface area contributed by atoms with Crippen molar-refractivity contribution in [2.75, 3.05) is 6.26 Å². The highest BCUT2D eigenvalue weighted by Crippen LogP contribution is 2.38. The summed E-state index contributed by atoms with van der Waals surface area (Å²) in [6.07, 6.45) is 4.14. The first kappa shape index (κ1) is 22.3. The van der Waals surface area contributed by atoms with E-state index in [9.17, 15) is 4.79 Å². The van der Waals surface area contributed by atoms with Crippen molar-refractivity contribution in [2.24, 2.45) is 0 Å². The number of benzene rings is 2. The fraction of sp³-hybridized carbons (Fsp3) is 0.259. The molecule has 0 unspecified atom stereocenters.